The average molecular weight is 180 g/mol. The molecule has 2 aromatic rings. The number of nitrogens with zero attached hydrogens (tertiary/aromatic N) is 2. The van der Waals surface area contributed by atoms with Crippen LogP contribution in [-0.4, -0.2) is 10.2 Å². The van der Waals surface area contributed by atoms with Gasteiger partial charge in [-0.2, -0.15) is 5.10 Å². The van der Waals surface area contributed by atoms with Crippen LogP contribution in [0.15, 0.2) is 18.3 Å². The highest BCUT2D eigenvalue weighted by Crippen LogP contribution is 2.19. The Labute approximate surface area is 73.2 Å². The van der Waals surface area contributed by atoms with Crippen LogP contribution in [0.4, 0.5) is 8.78 Å². The minimum absolute atomic E-state index is 0.112. The van der Waals surface area contributed by atoms with Gasteiger partial charge in [0.15, 0.2) is 5.82 Å². The van der Waals surface area contributed by atoms with E-state index in [0.29, 0.717) is 10.9 Å². The van der Waals surface area contributed by atoms with Crippen LogP contribution in [0.25, 0.3) is 10.9 Å². The second kappa shape index (κ2) is 2.73. The fourth-order valence-electron chi connectivity index (χ4n) is 1.21. The molecule has 1 aromatic carbocycles. The van der Waals surface area contributed by atoms with E-state index < -0.39 is 11.6 Å². The van der Waals surface area contributed by atoms with Crippen molar-refractivity contribution in [3.05, 3.63) is 35.5 Å². The van der Waals surface area contributed by atoms with Crippen molar-refractivity contribution in [1.29, 1.82) is 0 Å². The van der Waals surface area contributed by atoms with Crippen LogP contribution in [0.2, 0.25) is 0 Å². The standard InChI is InChI=1S/C9H6F2N2/c1-5-4-12-13-9-7(5)2-6(10)3-8(9)11/h2-4H,1H3. The number of aryl methyl sites for hydroxylation is 1. The average Bonchev–Trinajstić information content (AvgIpc) is 2.07. The Balaban J connectivity index is 2.94. The third-order valence-corrected chi connectivity index (χ3v) is 1.86. The molecular formula is C9H6F2N2. The van der Waals surface area contributed by atoms with Crippen molar-refractivity contribution in [1.82, 2.24) is 10.2 Å². The molecule has 0 aliphatic rings. The zero-order chi connectivity index (χ0) is 9.42. The molecule has 0 fully saturated rings. The predicted octanol–water partition coefficient (Wildman–Crippen LogP) is 2.22. The number of benzene rings is 1. The first-order valence-corrected chi connectivity index (χ1v) is 3.75. The van der Waals surface area contributed by atoms with Gasteiger partial charge in [-0.05, 0) is 18.6 Å². The van der Waals surface area contributed by atoms with Crippen LogP contribution in [0, 0.1) is 18.6 Å². The molecule has 0 spiro atoms. The number of aromatic nitrogens is 2. The Bertz CT molecular complexity index is 468. The van der Waals surface area contributed by atoms with Crippen molar-refractivity contribution in [2.45, 2.75) is 6.92 Å². The van der Waals surface area contributed by atoms with Gasteiger partial charge in [-0.3, -0.25) is 0 Å². The summed E-state index contributed by atoms with van der Waals surface area (Å²) in [5.41, 5.74) is 0.824. The number of hydrogen-bond donors (Lipinski definition) is 0. The Kier molecular flexibility index (Phi) is 1.69. The lowest BCUT2D eigenvalue weighted by atomic mass is 10.1. The van der Waals surface area contributed by atoms with E-state index in [-0.39, 0.29) is 5.52 Å². The van der Waals surface area contributed by atoms with Gasteiger partial charge in [0.05, 0.1) is 6.20 Å². The summed E-state index contributed by atoms with van der Waals surface area (Å²) in [5, 5.41) is 7.65. The van der Waals surface area contributed by atoms with Gasteiger partial charge < -0.3 is 0 Å². The second-order valence-electron chi connectivity index (χ2n) is 2.81. The van der Waals surface area contributed by atoms with Crippen molar-refractivity contribution in [2.24, 2.45) is 0 Å². The van der Waals surface area contributed by atoms with Crippen LogP contribution in [0.5, 0.6) is 0 Å². The monoisotopic (exact) mass is 180 g/mol. The topological polar surface area (TPSA) is 25.8 Å². The molecule has 0 amide bonds. The van der Waals surface area contributed by atoms with E-state index in [1.165, 1.54) is 12.3 Å². The maximum Gasteiger partial charge on any atom is 0.154 e. The third-order valence-electron chi connectivity index (χ3n) is 1.86. The van der Waals surface area contributed by atoms with Crippen molar-refractivity contribution < 1.29 is 8.78 Å². The Morgan fingerprint density at radius 3 is 2.77 bits per heavy atom. The molecule has 1 heterocycles. The molecule has 2 rings (SSSR count). The first kappa shape index (κ1) is 8.04. The zero-order valence-electron chi connectivity index (χ0n) is 6.88. The van der Waals surface area contributed by atoms with E-state index in [0.717, 1.165) is 6.07 Å². The smallest absolute Gasteiger partial charge is 0.154 e. The van der Waals surface area contributed by atoms with Gasteiger partial charge in [0, 0.05) is 11.5 Å². The summed E-state index contributed by atoms with van der Waals surface area (Å²) < 4.78 is 25.9. The predicted molar refractivity (Wildman–Crippen MR) is 44.2 cm³/mol. The third kappa shape index (κ3) is 1.24. The molecular weight excluding hydrogens is 174 g/mol. The first-order valence-electron chi connectivity index (χ1n) is 3.75. The molecule has 66 valence electrons. The lowest BCUT2D eigenvalue weighted by molar-refractivity contribution is 0.589. The van der Waals surface area contributed by atoms with Gasteiger partial charge in [-0.1, -0.05) is 0 Å². The highest BCUT2D eigenvalue weighted by Gasteiger charge is 2.06. The largest absolute Gasteiger partial charge is 0.207 e. The Morgan fingerprint density at radius 1 is 1.23 bits per heavy atom. The lowest BCUT2D eigenvalue weighted by Crippen LogP contribution is -1.91. The van der Waals surface area contributed by atoms with Crippen LogP contribution >= 0.6 is 0 Å². The maximum absolute atomic E-state index is 13.1. The number of hydrogen-bond acceptors (Lipinski definition) is 2. The van der Waals surface area contributed by atoms with Crippen molar-refractivity contribution >= 4 is 10.9 Å². The molecule has 0 saturated carbocycles. The van der Waals surface area contributed by atoms with Gasteiger partial charge in [-0.15, -0.1) is 5.10 Å². The summed E-state index contributed by atoms with van der Waals surface area (Å²) in [6.07, 6.45) is 1.47. The zero-order valence-corrected chi connectivity index (χ0v) is 6.88. The van der Waals surface area contributed by atoms with Gasteiger partial charge in [-0.25, -0.2) is 8.78 Å². The molecule has 0 atom stereocenters. The maximum atomic E-state index is 13.1. The summed E-state index contributed by atoms with van der Waals surface area (Å²) in [5.74, 6) is -1.27. The summed E-state index contributed by atoms with van der Waals surface area (Å²) in [4.78, 5) is 0. The van der Waals surface area contributed by atoms with Crippen LogP contribution in [-0.2, 0) is 0 Å². The van der Waals surface area contributed by atoms with Crippen molar-refractivity contribution in [3.8, 4) is 0 Å². The number of fused-ring (bicyclic) bond motifs is 1. The minimum Gasteiger partial charge on any atom is -0.207 e. The molecule has 0 aliphatic carbocycles. The minimum atomic E-state index is -0.675. The van der Waals surface area contributed by atoms with E-state index in [2.05, 4.69) is 10.2 Å². The number of rotatable bonds is 0. The summed E-state index contributed by atoms with van der Waals surface area (Å²) >= 11 is 0. The number of halogens is 2. The Hall–Kier alpha value is -1.58. The van der Waals surface area contributed by atoms with Gasteiger partial charge in [0.1, 0.15) is 11.3 Å². The highest BCUT2D eigenvalue weighted by atomic mass is 19.1. The normalized spacial score (nSPS) is 10.7. The Morgan fingerprint density at radius 2 is 2.00 bits per heavy atom. The summed E-state index contributed by atoms with van der Waals surface area (Å²) in [6.45, 7) is 1.73. The molecule has 0 radical (unpaired) electrons. The molecule has 0 aliphatic heterocycles. The van der Waals surface area contributed by atoms with E-state index in [9.17, 15) is 8.78 Å². The molecule has 4 heteroatoms. The SMILES string of the molecule is Cc1cnnc2c(F)cc(F)cc12. The molecule has 0 unspecified atom stereocenters. The molecule has 0 N–H and O–H groups in total. The van der Waals surface area contributed by atoms with Crippen molar-refractivity contribution in [2.75, 3.05) is 0 Å². The highest BCUT2D eigenvalue weighted by molar-refractivity contribution is 5.81. The molecule has 2 nitrogen and oxygen atoms in total. The molecule has 1 aromatic heterocycles. The quantitative estimate of drug-likeness (QED) is 0.621. The van der Waals surface area contributed by atoms with E-state index >= 15 is 0 Å². The van der Waals surface area contributed by atoms with E-state index in [1.807, 2.05) is 0 Å². The summed E-state index contributed by atoms with van der Waals surface area (Å²) in [6, 6.07) is 2.05. The van der Waals surface area contributed by atoms with Gasteiger partial charge in [0.25, 0.3) is 0 Å². The second-order valence-corrected chi connectivity index (χ2v) is 2.81. The molecule has 0 bridgehead atoms. The van der Waals surface area contributed by atoms with Crippen molar-refractivity contribution in [3.63, 3.8) is 0 Å². The van der Waals surface area contributed by atoms with E-state index in [1.54, 1.807) is 6.92 Å². The fourth-order valence-corrected chi connectivity index (χ4v) is 1.21. The molecule has 13 heavy (non-hydrogen) atoms. The van der Waals surface area contributed by atoms with Crippen LogP contribution in [0.1, 0.15) is 5.56 Å². The van der Waals surface area contributed by atoms with Gasteiger partial charge in [0.2, 0.25) is 0 Å². The first-order chi connectivity index (χ1) is 6.18. The van der Waals surface area contributed by atoms with Gasteiger partial charge >= 0.3 is 0 Å². The fraction of sp³-hybridized carbons (Fsp3) is 0.111. The molecule has 0 saturated heterocycles. The van der Waals surface area contributed by atoms with Crippen LogP contribution in [0.3, 0.4) is 0 Å². The lowest BCUT2D eigenvalue weighted by Gasteiger charge is -2.00. The summed E-state index contributed by atoms with van der Waals surface area (Å²) in [7, 11) is 0. The van der Waals surface area contributed by atoms with E-state index in [4.69, 9.17) is 0 Å². The van der Waals surface area contributed by atoms with Crippen LogP contribution < -0.4 is 0 Å².